The Kier molecular flexibility index (Phi) is 4.36. The van der Waals surface area contributed by atoms with E-state index in [-0.39, 0.29) is 18.9 Å². The van der Waals surface area contributed by atoms with Gasteiger partial charge in [-0.05, 0) is 12.0 Å². The van der Waals surface area contributed by atoms with Gasteiger partial charge in [0, 0.05) is 6.42 Å². The van der Waals surface area contributed by atoms with Gasteiger partial charge in [-0.3, -0.25) is 9.59 Å². The van der Waals surface area contributed by atoms with Gasteiger partial charge in [-0.2, -0.15) is 0 Å². The number of nitrogens with zero attached hydrogens (tertiary/aromatic N) is 1. The molecule has 1 heterocycles. The molecular formula is C14H18N2O4. The van der Waals surface area contributed by atoms with Gasteiger partial charge in [-0.15, -0.1) is 0 Å². The minimum atomic E-state index is -1.31. The van der Waals surface area contributed by atoms with Crippen LogP contribution in [0.3, 0.4) is 0 Å². The topological polar surface area (TPSA) is 104 Å². The van der Waals surface area contributed by atoms with Gasteiger partial charge in [0.15, 0.2) is 0 Å². The Labute approximate surface area is 116 Å². The normalized spacial score (nSPS) is 25.7. The number of carbonyl (C=O) groups is 2. The highest BCUT2D eigenvalue weighted by atomic mass is 16.3. The molecule has 1 fully saturated rings. The van der Waals surface area contributed by atoms with E-state index >= 15 is 0 Å². The number of nitrogens with two attached hydrogens (primary N) is 1. The first kappa shape index (κ1) is 14.5. The number of likely N-dealkylation sites (tertiary alicyclic amines) is 1. The standard InChI is InChI=1S/C14H18N2O4/c15-14(20)12-13(19)10(17)8-16(12)11(18)7-6-9-4-2-1-3-5-9/h1-5,10,12-13,17,19H,6-8H2,(H2,15,20)/t10-,12?,13+/m1/s1. The molecule has 1 aliphatic rings. The third kappa shape index (κ3) is 2.97. The number of primary amides is 1. The molecule has 108 valence electrons. The quantitative estimate of drug-likeness (QED) is 0.659. The van der Waals surface area contributed by atoms with Crippen molar-refractivity contribution in [2.24, 2.45) is 5.73 Å². The Morgan fingerprint density at radius 1 is 1.25 bits per heavy atom. The van der Waals surface area contributed by atoms with E-state index < -0.39 is 24.2 Å². The van der Waals surface area contributed by atoms with E-state index in [1.165, 1.54) is 4.90 Å². The molecule has 1 unspecified atom stereocenters. The van der Waals surface area contributed by atoms with Crippen LogP contribution < -0.4 is 5.73 Å². The second-order valence-electron chi connectivity index (χ2n) is 4.94. The summed E-state index contributed by atoms with van der Waals surface area (Å²) in [6, 6.07) is 8.33. The highest BCUT2D eigenvalue weighted by Crippen LogP contribution is 2.20. The second kappa shape index (κ2) is 6.02. The fourth-order valence-corrected chi connectivity index (χ4v) is 2.44. The number of aliphatic hydroxyl groups excluding tert-OH is 2. The smallest absolute Gasteiger partial charge is 0.243 e. The molecule has 4 N–H and O–H groups in total. The molecule has 0 spiro atoms. The first-order valence-electron chi connectivity index (χ1n) is 6.49. The molecular weight excluding hydrogens is 260 g/mol. The molecule has 3 atom stereocenters. The molecule has 6 heteroatoms. The van der Waals surface area contributed by atoms with Crippen molar-refractivity contribution in [1.29, 1.82) is 0 Å². The SMILES string of the molecule is NC(=O)C1[C@@H](O)[C@H](O)CN1C(=O)CCc1ccccc1. The van der Waals surface area contributed by atoms with E-state index in [2.05, 4.69) is 0 Å². The summed E-state index contributed by atoms with van der Waals surface area (Å²) < 4.78 is 0. The first-order valence-corrected chi connectivity index (χ1v) is 6.49. The van der Waals surface area contributed by atoms with Crippen LogP contribution >= 0.6 is 0 Å². The van der Waals surface area contributed by atoms with Crippen LogP contribution in [0.5, 0.6) is 0 Å². The lowest BCUT2D eigenvalue weighted by Crippen LogP contribution is -2.48. The average Bonchev–Trinajstić information content (AvgIpc) is 2.73. The molecule has 0 aliphatic carbocycles. The second-order valence-corrected chi connectivity index (χ2v) is 4.94. The summed E-state index contributed by atoms with van der Waals surface area (Å²) in [5, 5.41) is 19.3. The molecule has 1 aromatic rings. The summed E-state index contributed by atoms with van der Waals surface area (Å²) in [4.78, 5) is 24.6. The lowest BCUT2D eigenvalue weighted by atomic mass is 10.1. The maximum atomic E-state index is 12.1. The summed E-state index contributed by atoms with van der Waals surface area (Å²) in [6.45, 7) is -0.0671. The van der Waals surface area contributed by atoms with E-state index in [0.29, 0.717) is 6.42 Å². The zero-order chi connectivity index (χ0) is 14.7. The Morgan fingerprint density at radius 3 is 2.50 bits per heavy atom. The number of aryl methyl sites for hydroxylation is 1. The van der Waals surface area contributed by atoms with E-state index in [1.54, 1.807) is 0 Å². The van der Waals surface area contributed by atoms with Gasteiger partial charge in [0.05, 0.1) is 12.6 Å². The number of carbonyl (C=O) groups excluding carboxylic acids is 2. The maximum absolute atomic E-state index is 12.1. The average molecular weight is 278 g/mol. The summed E-state index contributed by atoms with van der Waals surface area (Å²) in [7, 11) is 0. The minimum Gasteiger partial charge on any atom is -0.388 e. The van der Waals surface area contributed by atoms with Crippen molar-refractivity contribution in [3.8, 4) is 0 Å². The third-order valence-electron chi connectivity index (χ3n) is 3.52. The lowest BCUT2D eigenvalue weighted by Gasteiger charge is -2.23. The largest absolute Gasteiger partial charge is 0.388 e. The van der Waals surface area contributed by atoms with E-state index in [9.17, 15) is 19.8 Å². The molecule has 2 rings (SSSR count). The molecule has 1 saturated heterocycles. The molecule has 0 aromatic heterocycles. The first-order chi connectivity index (χ1) is 9.50. The lowest BCUT2D eigenvalue weighted by molar-refractivity contribution is -0.139. The van der Waals surface area contributed by atoms with Crippen LogP contribution in [-0.2, 0) is 16.0 Å². The Bertz CT molecular complexity index is 491. The van der Waals surface area contributed by atoms with Crippen molar-refractivity contribution in [3.05, 3.63) is 35.9 Å². The van der Waals surface area contributed by atoms with E-state index in [1.807, 2.05) is 30.3 Å². The van der Waals surface area contributed by atoms with Crippen LogP contribution in [0, 0.1) is 0 Å². The number of hydrogen-bond donors (Lipinski definition) is 3. The van der Waals surface area contributed by atoms with Crippen LogP contribution in [0.2, 0.25) is 0 Å². The maximum Gasteiger partial charge on any atom is 0.243 e. The minimum absolute atomic E-state index is 0.0671. The fraction of sp³-hybridized carbons (Fsp3) is 0.429. The van der Waals surface area contributed by atoms with Gasteiger partial charge in [0.1, 0.15) is 12.1 Å². The predicted molar refractivity (Wildman–Crippen MR) is 71.5 cm³/mol. The van der Waals surface area contributed by atoms with E-state index in [0.717, 1.165) is 5.56 Å². The third-order valence-corrected chi connectivity index (χ3v) is 3.52. The summed E-state index contributed by atoms with van der Waals surface area (Å²) in [5.74, 6) is -1.10. The van der Waals surface area contributed by atoms with Crippen molar-refractivity contribution in [1.82, 2.24) is 4.90 Å². The molecule has 1 aromatic carbocycles. The van der Waals surface area contributed by atoms with Crippen molar-refractivity contribution in [3.63, 3.8) is 0 Å². The van der Waals surface area contributed by atoms with Crippen LogP contribution in [0.15, 0.2) is 30.3 Å². The molecule has 1 aliphatic heterocycles. The van der Waals surface area contributed by atoms with Crippen molar-refractivity contribution in [2.75, 3.05) is 6.54 Å². The number of β-amino-alcohol motifs (C(OH)–C–C–N with tert-alkyl or cyclic N) is 1. The summed E-state index contributed by atoms with van der Waals surface area (Å²) in [6.07, 6.45) is -1.71. The van der Waals surface area contributed by atoms with E-state index in [4.69, 9.17) is 5.73 Å². The van der Waals surface area contributed by atoms with Gasteiger partial charge in [-0.1, -0.05) is 30.3 Å². The highest BCUT2D eigenvalue weighted by molar-refractivity contribution is 5.88. The van der Waals surface area contributed by atoms with Crippen LogP contribution in [0.25, 0.3) is 0 Å². The number of hydrogen-bond acceptors (Lipinski definition) is 4. The highest BCUT2D eigenvalue weighted by Gasteiger charge is 2.45. The van der Waals surface area contributed by atoms with Crippen molar-refractivity contribution in [2.45, 2.75) is 31.1 Å². The molecule has 0 bridgehead atoms. The van der Waals surface area contributed by atoms with Crippen LogP contribution in [0.1, 0.15) is 12.0 Å². The van der Waals surface area contributed by atoms with Crippen LogP contribution in [-0.4, -0.2) is 51.7 Å². The van der Waals surface area contributed by atoms with Crippen molar-refractivity contribution >= 4 is 11.8 Å². The monoisotopic (exact) mass is 278 g/mol. The summed E-state index contributed by atoms with van der Waals surface area (Å²) >= 11 is 0. The molecule has 6 nitrogen and oxygen atoms in total. The van der Waals surface area contributed by atoms with Gasteiger partial charge in [0.25, 0.3) is 0 Å². The van der Waals surface area contributed by atoms with Gasteiger partial charge < -0.3 is 20.8 Å². The zero-order valence-electron chi connectivity index (χ0n) is 11.0. The Balaban J connectivity index is 1.99. The van der Waals surface area contributed by atoms with Crippen molar-refractivity contribution < 1.29 is 19.8 Å². The van der Waals surface area contributed by atoms with Gasteiger partial charge >= 0.3 is 0 Å². The Morgan fingerprint density at radius 2 is 1.90 bits per heavy atom. The Hall–Kier alpha value is -1.92. The molecule has 2 amide bonds. The zero-order valence-corrected chi connectivity index (χ0v) is 11.0. The molecule has 0 saturated carbocycles. The predicted octanol–water partition coefficient (Wildman–Crippen LogP) is -0.963. The number of benzene rings is 1. The number of rotatable bonds is 4. The van der Waals surface area contributed by atoms with Gasteiger partial charge in [0.2, 0.25) is 11.8 Å². The van der Waals surface area contributed by atoms with Gasteiger partial charge in [-0.25, -0.2) is 0 Å². The fourth-order valence-electron chi connectivity index (χ4n) is 2.44. The molecule has 0 radical (unpaired) electrons. The number of aliphatic hydroxyl groups is 2. The number of amides is 2. The molecule has 20 heavy (non-hydrogen) atoms. The summed E-state index contributed by atoms with van der Waals surface area (Å²) in [5.41, 5.74) is 6.19. The van der Waals surface area contributed by atoms with Crippen LogP contribution in [0.4, 0.5) is 0 Å².